The third-order valence-electron chi connectivity index (χ3n) is 3.62. The van der Waals surface area contributed by atoms with Crippen molar-refractivity contribution >= 4 is 17.5 Å². The van der Waals surface area contributed by atoms with Crippen molar-refractivity contribution in [2.75, 3.05) is 19.1 Å². The average Bonchev–Trinajstić information content (AvgIpc) is 2.69. The molecule has 0 radical (unpaired) electrons. The smallest absolute Gasteiger partial charge is 0.418 e. The van der Waals surface area contributed by atoms with E-state index in [1.54, 1.807) is 0 Å². The minimum Gasteiger partial charge on any atom is -0.493 e. The van der Waals surface area contributed by atoms with Gasteiger partial charge in [-0.15, -0.1) is 0 Å². The first-order valence-electron chi connectivity index (χ1n) is 8.24. The molecule has 0 atom stereocenters. The quantitative estimate of drug-likeness (QED) is 0.440. The minimum atomic E-state index is -4.62. The van der Waals surface area contributed by atoms with Crippen molar-refractivity contribution in [2.45, 2.75) is 12.8 Å². The normalized spacial score (nSPS) is 11.0. The number of amides is 2. The van der Waals surface area contributed by atoms with E-state index in [1.807, 2.05) is 5.43 Å². The Morgan fingerprint density at radius 1 is 1.07 bits per heavy atom. The van der Waals surface area contributed by atoms with E-state index in [4.69, 9.17) is 4.74 Å². The number of carbonyl (C=O) groups is 2. The molecular weight excluding hydrogens is 417 g/mol. The van der Waals surface area contributed by atoms with Crippen LogP contribution in [0.15, 0.2) is 42.5 Å². The van der Waals surface area contributed by atoms with Crippen molar-refractivity contribution in [3.8, 4) is 11.5 Å². The molecule has 2 rings (SSSR count). The van der Waals surface area contributed by atoms with Gasteiger partial charge in [-0.1, -0.05) is 12.1 Å². The van der Waals surface area contributed by atoms with Gasteiger partial charge in [0.15, 0.2) is 11.5 Å². The summed E-state index contributed by atoms with van der Waals surface area (Å²) >= 11 is 0. The SMILES string of the molecule is COc1cc(C(=O)NCC(=O)NNc2ccccc2C(F)(F)F)ccc1OC(F)F. The molecule has 7 nitrogen and oxygen atoms in total. The van der Waals surface area contributed by atoms with Crippen molar-refractivity contribution < 1.29 is 41.0 Å². The molecule has 0 fully saturated rings. The van der Waals surface area contributed by atoms with E-state index in [9.17, 15) is 31.5 Å². The number of benzene rings is 2. The molecule has 3 N–H and O–H groups in total. The number of alkyl halides is 5. The fraction of sp³-hybridized carbons (Fsp3) is 0.222. The minimum absolute atomic E-state index is 0.0170. The first-order chi connectivity index (χ1) is 14.1. The molecule has 12 heteroatoms. The van der Waals surface area contributed by atoms with Gasteiger partial charge in [0.05, 0.1) is 24.9 Å². The predicted molar refractivity (Wildman–Crippen MR) is 95.2 cm³/mol. The highest BCUT2D eigenvalue weighted by Crippen LogP contribution is 2.34. The molecule has 2 amide bonds. The molecule has 0 aliphatic rings. The van der Waals surface area contributed by atoms with Crippen molar-refractivity contribution in [2.24, 2.45) is 0 Å². The van der Waals surface area contributed by atoms with Crippen molar-refractivity contribution in [1.82, 2.24) is 10.7 Å². The van der Waals surface area contributed by atoms with E-state index >= 15 is 0 Å². The van der Waals surface area contributed by atoms with E-state index in [0.717, 1.165) is 24.3 Å². The number of anilines is 1. The second-order valence-corrected chi connectivity index (χ2v) is 5.64. The number of hydrogen-bond acceptors (Lipinski definition) is 5. The van der Waals surface area contributed by atoms with E-state index in [1.165, 1.54) is 25.3 Å². The summed E-state index contributed by atoms with van der Waals surface area (Å²) in [6, 6.07) is 7.90. The molecule has 0 aliphatic heterocycles. The van der Waals surface area contributed by atoms with Crippen molar-refractivity contribution in [3.05, 3.63) is 53.6 Å². The predicted octanol–water partition coefficient (Wildman–Crippen LogP) is 3.19. The number of rotatable bonds is 8. The monoisotopic (exact) mass is 433 g/mol. The number of hydrogen-bond donors (Lipinski definition) is 3. The average molecular weight is 433 g/mol. The molecule has 0 heterocycles. The summed E-state index contributed by atoms with van der Waals surface area (Å²) in [5.74, 6) is -1.99. The second kappa shape index (κ2) is 9.76. The van der Waals surface area contributed by atoms with Gasteiger partial charge in [0.1, 0.15) is 0 Å². The fourth-order valence-electron chi connectivity index (χ4n) is 2.29. The third-order valence-corrected chi connectivity index (χ3v) is 3.62. The molecule has 0 aromatic heterocycles. The molecule has 2 aromatic rings. The van der Waals surface area contributed by atoms with Gasteiger partial charge in [0.25, 0.3) is 11.8 Å². The summed E-state index contributed by atoms with van der Waals surface area (Å²) in [5, 5.41) is 2.23. The first kappa shape index (κ1) is 22.7. The van der Waals surface area contributed by atoms with Gasteiger partial charge in [0, 0.05) is 5.56 Å². The number of halogens is 5. The lowest BCUT2D eigenvalue weighted by molar-refractivity contribution is -0.137. The molecule has 0 bridgehead atoms. The highest BCUT2D eigenvalue weighted by atomic mass is 19.4. The Bertz CT molecular complexity index is 906. The number of hydrazine groups is 1. The molecule has 2 aromatic carbocycles. The van der Waals surface area contributed by atoms with Crippen LogP contribution in [0.4, 0.5) is 27.6 Å². The summed E-state index contributed by atoms with van der Waals surface area (Å²) in [7, 11) is 1.19. The van der Waals surface area contributed by atoms with Crippen molar-refractivity contribution in [1.29, 1.82) is 0 Å². The van der Waals surface area contributed by atoms with Gasteiger partial charge in [-0.05, 0) is 30.3 Å². The Morgan fingerprint density at radius 2 is 1.77 bits per heavy atom. The number of ether oxygens (including phenoxy) is 2. The lowest BCUT2D eigenvalue weighted by atomic mass is 10.2. The van der Waals surface area contributed by atoms with Crippen LogP contribution >= 0.6 is 0 Å². The van der Waals surface area contributed by atoms with Crippen LogP contribution in [0.5, 0.6) is 11.5 Å². The molecule has 0 spiro atoms. The maximum atomic E-state index is 12.9. The molecule has 0 saturated carbocycles. The van der Waals surface area contributed by atoms with Gasteiger partial charge < -0.3 is 14.8 Å². The lowest BCUT2D eigenvalue weighted by Crippen LogP contribution is -2.39. The Kier molecular flexibility index (Phi) is 7.39. The molecule has 162 valence electrons. The summed E-state index contributed by atoms with van der Waals surface area (Å²) in [4.78, 5) is 23.9. The van der Waals surface area contributed by atoms with Gasteiger partial charge in [-0.3, -0.25) is 20.4 Å². The maximum Gasteiger partial charge on any atom is 0.418 e. The number of carbonyl (C=O) groups excluding carboxylic acids is 2. The van der Waals surface area contributed by atoms with Crippen LogP contribution in [0.3, 0.4) is 0 Å². The highest BCUT2D eigenvalue weighted by molar-refractivity contribution is 5.97. The summed E-state index contributed by atoms with van der Waals surface area (Å²) < 4.78 is 72.5. The van der Waals surface area contributed by atoms with Crippen LogP contribution in [0.2, 0.25) is 0 Å². The van der Waals surface area contributed by atoms with Crippen LogP contribution in [0.1, 0.15) is 15.9 Å². The largest absolute Gasteiger partial charge is 0.493 e. The van der Waals surface area contributed by atoms with Crippen LogP contribution in [-0.2, 0) is 11.0 Å². The lowest BCUT2D eigenvalue weighted by Gasteiger charge is -2.15. The topological polar surface area (TPSA) is 88.7 Å². The van der Waals surface area contributed by atoms with Crippen molar-refractivity contribution in [3.63, 3.8) is 0 Å². The zero-order chi connectivity index (χ0) is 22.3. The Balaban J connectivity index is 1.93. The standard InChI is InChI=1S/C18H16F5N3O4/c1-29-14-8-10(6-7-13(14)30-17(19)20)16(28)24-9-15(27)26-25-12-5-3-2-4-11(12)18(21,22)23/h2-8,17,25H,9H2,1H3,(H,24,28)(H,26,27). The molecular formula is C18H16F5N3O4. The Hall–Kier alpha value is -3.57. The summed E-state index contributed by atoms with van der Waals surface area (Å²) in [6.45, 7) is -3.66. The Labute approximate surface area is 167 Å². The number of methoxy groups -OCH3 is 1. The Morgan fingerprint density at radius 3 is 2.40 bits per heavy atom. The molecule has 0 aliphatic carbocycles. The van der Waals surface area contributed by atoms with Gasteiger partial charge in [-0.25, -0.2) is 0 Å². The van der Waals surface area contributed by atoms with Crippen LogP contribution in [0, 0.1) is 0 Å². The van der Waals surface area contributed by atoms with Gasteiger partial charge in [-0.2, -0.15) is 22.0 Å². The van der Waals surface area contributed by atoms with E-state index < -0.39 is 36.7 Å². The zero-order valence-electron chi connectivity index (χ0n) is 15.3. The highest BCUT2D eigenvalue weighted by Gasteiger charge is 2.33. The van der Waals surface area contributed by atoms with Crippen LogP contribution in [0.25, 0.3) is 0 Å². The maximum absolute atomic E-state index is 12.9. The molecule has 30 heavy (non-hydrogen) atoms. The number of para-hydroxylation sites is 1. The van der Waals surface area contributed by atoms with Gasteiger partial charge >= 0.3 is 12.8 Å². The first-order valence-corrected chi connectivity index (χ1v) is 8.24. The molecule has 0 unspecified atom stereocenters. The fourth-order valence-corrected chi connectivity index (χ4v) is 2.29. The van der Waals surface area contributed by atoms with E-state index in [0.29, 0.717) is 0 Å². The second-order valence-electron chi connectivity index (χ2n) is 5.64. The van der Waals surface area contributed by atoms with E-state index in [2.05, 4.69) is 15.5 Å². The van der Waals surface area contributed by atoms with Gasteiger partial charge in [0.2, 0.25) is 0 Å². The molecule has 0 saturated heterocycles. The summed E-state index contributed by atoms with van der Waals surface area (Å²) in [6.07, 6.45) is -4.62. The van der Waals surface area contributed by atoms with E-state index in [-0.39, 0.29) is 22.7 Å². The third kappa shape index (κ3) is 6.22. The number of nitrogens with one attached hydrogen (secondary N) is 3. The summed E-state index contributed by atoms with van der Waals surface area (Å²) in [5.41, 5.74) is 2.82. The van der Waals surface area contributed by atoms with Crippen LogP contribution < -0.4 is 25.6 Å². The zero-order valence-corrected chi connectivity index (χ0v) is 15.3. The van der Waals surface area contributed by atoms with Crippen LogP contribution in [-0.4, -0.2) is 32.1 Å².